The van der Waals surface area contributed by atoms with Gasteiger partial charge >= 0.3 is 0 Å². The van der Waals surface area contributed by atoms with Gasteiger partial charge in [0.2, 0.25) is 5.91 Å². The molecule has 2 rings (SSSR count). The molecule has 0 heterocycles. The molecule has 0 bridgehead atoms. The summed E-state index contributed by atoms with van der Waals surface area (Å²) < 4.78 is 0. The lowest BCUT2D eigenvalue weighted by Crippen LogP contribution is -2.43. The molecule has 6 nitrogen and oxygen atoms in total. The summed E-state index contributed by atoms with van der Waals surface area (Å²) >= 11 is 0. The molecule has 0 fully saturated rings. The number of carbonyl (C=O) groups excluding carboxylic acids is 3. The first-order valence-corrected chi connectivity index (χ1v) is 12.7. The number of rotatable bonds is 12. The van der Waals surface area contributed by atoms with Crippen LogP contribution in [0.2, 0.25) is 0 Å². The standard InChI is InChI=1S/C29H41N3O3/c1-7-10-19-29(6,9-3)27(35)31-24-16-14-23(15-17-24)30-25(33)21-12-11-13-22(20-21)26(34)32-28(4,5)18-8-2/h11-17,20H,7-10,18-19H2,1-6H3,(H,30,33)(H,31,35)(H,32,34). The summed E-state index contributed by atoms with van der Waals surface area (Å²) in [6.07, 6.45) is 5.54. The van der Waals surface area contributed by atoms with Crippen LogP contribution in [-0.4, -0.2) is 23.3 Å². The van der Waals surface area contributed by atoms with Crippen LogP contribution in [0.25, 0.3) is 0 Å². The van der Waals surface area contributed by atoms with Crippen molar-refractivity contribution in [1.82, 2.24) is 5.32 Å². The second-order valence-corrected chi connectivity index (χ2v) is 10.2. The smallest absolute Gasteiger partial charge is 0.255 e. The Morgan fingerprint density at radius 3 is 1.86 bits per heavy atom. The summed E-state index contributed by atoms with van der Waals surface area (Å²) in [6, 6.07) is 13.8. The highest BCUT2D eigenvalue weighted by molar-refractivity contribution is 6.06. The fourth-order valence-electron chi connectivity index (χ4n) is 4.01. The maximum atomic E-state index is 12.8. The highest BCUT2D eigenvalue weighted by Crippen LogP contribution is 2.30. The maximum absolute atomic E-state index is 12.8. The third-order valence-corrected chi connectivity index (χ3v) is 6.53. The lowest BCUT2D eigenvalue weighted by atomic mass is 9.81. The van der Waals surface area contributed by atoms with Gasteiger partial charge in [-0.05, 0) is 75.6 Å². The molecule has 0 aliphatic heterocycles. The van der Waals surface area contributed by atoms with Gasteiger partial charge in [0.05, 0.1) is 0 Å². The van der Waals surface area contributed by atoms with Crippen molar-refractivity contribution in [2.75, 3.05) is 10.6 Å². The molecule has 1 unspecified atom stereocenters. The molecule has 0 saturated carbocycles. The van der Waals surface area contributed by atoms with Crippen molar-refractivity contribution >= 4 is 29.1 Å². The van der Waals surface area contributed by atoms with Crippen molar-refractivity contribution in [3.63, 3.8) is 0 Å². The SMILES string of the molecule is CCCCC(C)(CC)C(=O)Nc1ccc(NC(=O)c2cccc(C(=O)NC(C)(C)CCC)c2)cc1. The van der Waals surface area contributed by atoms with Gasteiger partial charge in [-0.2, -0.15) is 0 Å². The Morgan fingerprint density at radius 2 is 1.31 bits per heavy atom. The first-order valence-electron chi connectivity index (χ1n) is 12.7. The average Bonchev–Trinajstić information content (AvgIpc) is 2.83. The van der Waals surface area contributed by atoms with Gasteiger partial charge in [0.25, 0.3) is 11.8 Å². The van der Waals surface area contributed by atoms with Crippen LogP contribution in [0.3, 0.4) is 0 Å². The van der Waals surface area contributed by atoms with Crippen molar-refractivity contribution in [1.29, 1.82) is 0 Å². The predicted molar refractivity (Wildman–Crippen MR) is 144 cm³/mol. The maximum Gasteiger partial charge on any atom is 0.255 e. The molecule has 2 aromatic rings. The van der Waals surface area contributed by atoms with E-state index in [2.05, 4.69) is 29.8 Å². The number of carbonyl (C=O) groups is 3. The lowest BCUT2D eigenvalue weighted by molar-refractivity contribution is -0.125. The van der Waals surface area contributed by atoms with E-state index in [1.54, 1.807) is 48.5 Å². The zero-order valence-corrected chi connectivity index (χ0v) is 22.1. The van der Waals surface area contributed by atoms with Crippen LogP contribution >= 0.6 is 0 Å². The molecule has 0 aromatic heterocycles. The minimum atomic E-state index is -0.397. The highest BCUT2D eigenvalue weighted by atomic mass is 16.2. The largest absolute Gasteiger partial charge is 0.347 e. The van der Waals surface area contributed by atoms with E-state index in [1.165, 1.54) is 0 Å². The van der Waals surface area contributed by atoms with Gasteiger partial charge in [-0.25, -0.2) is 0 Å². The Hall–Kier alpha value is -3.15. The average molecular weight is 480 g/mol. The van der Waals surface area contributed by atoms with Gasteiger partial charge in [-0.3, -0.25) is 14.4 Å². The number of benzene rings is 2. The Morgan fingerprint density at radius 1 is 0.743 bits per heavy atom. The fourth-order valence-corrected chi connectivity index (χ4v) is 4.01. The summed E-state index contributed by atoms with van der Waals surface area (Å²) in [5.41, 5.74) is 1.44. The molecule has 3 amide bonds. The second-order valence-electron chi connectivity index (χ2n) is 10.2. The van der Waals surface area contributed by atoms with Crippen molar-refractivity contribution in [3.05, 3.63) is 59.7 Å². The summed E-state index contributed by atoms with van der Waals surface area (Å²) in [5, 5.41) is 8.90. The lowest BCUT2D eigenvalue weighted by Gasteiger charge is -2.27. The Bertz CT molecular complexity index is 1010. The molecule has 0 spiro atoms. The Balaban J connectivity index is 2.03. The van der Waals surface area contributed by atoms with E-state index in [9.17, 15) is 14.4 Å². The number of hydrogen-bond acceptors (Lipinski definition) is 3. The minimum Gasteiger partial charge on any atom is -0.347 e. The summed E-state index contributed by atoms with van der Waals surface area (Å²) in [5.74, 6) is -0.485. The minimum absolute atomic E-state index is 0.0161. The van der Waals surface area contributed by atoms with Crippen LogP contribution in [0.15, 0.2) is 48.5 Å². The van der Waals surface area contributed by atoms with E-state index in [0.29, 0.717) is 22.5 Å². The molecule has 0 radical (unpaired) electrons. The Labute approximate surface area is 210 Å². The molecule has 0 aliphatic carbocycles. The van der Waals surface area contributed by atoms with E-state index in [4.69, 9.17) is 0 Å². The molecule has 3 N–H and O–H groups in total. The molecule has 6 heteroatoms. The molecule has 190 valence electrons. The van der Waals surface area contributed by atoms with Gasteiger partial charge in [-0.1, -0.05) is 53.0 Å². The van der Waals surface area contributed by atoms with E-state index in [0.717, 1.165) is 38.5 Å². The van der Waals surface area contributed by atoms with Crippen molar-refractivity contribution in [2.24, 2.45) is 5.41 Å². The van der Waals surface area contributed by atoms with Gasteiger partial charge in [0, 0.05) is 33.5 Å². The van der Waals surface area contributed by atoms with Crippen molar-refractivity contribution in [2.45, 2.75) is 85.6 Å². The van der Waals surface area contributed by atoms with E-state index >= 15 is 0 Å². The monoisotopic (exact) mass is 479 g/mol. The van der Waals surface area contributed by atoms with Gasteiger partial charge in [-0.15, -0.1) is 0 Å². The first kappa shape index (κ1) is 28.1. The van der Waals surface area contributed by atoms with E-state index in [-0.39, 0.29) is 23.3 Å². The van der Waals surface area contributed by atoms with Crippen LogP contribution in [0.1, 0.15) is 101 Å². The van der Waals surface area contributed by atoms with E-state index in [1.807, 2.05) is 27.7 Å². The normalized spacial score (nSPS) is 13.0. The molecule has 0 saturated heterocycles. The van der Waals surface area contributed by atoms with Gasteiger partial charge in [0.15, 0.2) is 0 Å². The third-order valence-electron chi connectivity index (χ3n) is 6.53. The second kappa shape index (κ2) is 12.5. The van der Waals surface area contributed by atoms with Crippen LogP contribution in [-0.2, 0) is 4.79 Å². The molecule has 2 aromatic carbocycles. The number of unbranched alkanes of at least 4 members (excludes halogenated alkanes) is 1. The van der Waals surface area contributed by atoms with Crippen LogP contribution in [0.4, 0.5) is 11.4 Å². The van der Waals surface area contributed by atoms with Gasteiger partial charge in [0.1, 0.15) is 0 Å². The topological polar surface area (TPSA) is 87.3 Å². The van der Waals surface area contributed by atoms with Crippen molar-refractivity contribution in [3.8, 4) is 0 Å². The van der Waals surface area contributed by atoms with E-state index < -0.39 is 5.41 Å². The number of nitrogens with one attached hydrogen (secondary N) is 3. The van der Waals surface area contributed by atoms with Crippen LogP contribution in [0.5, 0.6) is 0 Å². The summed E-state index contributed by atoms with van der Waals surface area (Å²) in [4.78, 5) is 38.3. The Kier molecular flexibility index (Phi) is 10.1. The van der Waals surface area contributed by atoms with Crippen molar-refractivity contribution < 1.29 is 14.4 Å². The molecule has 0 aliphatic rings. The summed E-state index contributed by atoms with van der Waals surface area (Å²) in [6.45, 7) is 12.2. The van der Waals surface area contributed by atoms with Crippen LogP contribution < -0.4 is 16.0 Å². The number of hydrogen-bond donors (Lipinski definition) is 3. The highest BCUT2D eigenvalue weighted by Gasteiger charge is 2.30. The first-order chi connectivity index (χ1) is 16.5. The molecule has 35 heavy (non-hydrogen) atoms. The fraction of sp³-hybridized carbons (Fsp3) is 0.483. The zero-order valence-electron chi connectivity index (χ0n) is 22.1. The third kappa shape index (κ3) is 8.23. The number of anilines is 2. The molecular weight excluding hydrogens is 438 g/mol. The number of amides is 3. The van der Waals surface area contributed by atoms with Gasteiger partial charge < -0.3 is 16.0 Å². The molecule has 1 atom stereocenters. The zero-order chi connectivity index (χ0) is 26.1. The quantitative estimate of drug-likeness (QED) is 0.313. The predicted octanol–water partition coefficient (Wildman–Crippen LogP) is 6.79. The summed E-state index contributed by atoms with van der Waals surface area (Å²) in [7, 11) is 0. The van der Waals surface area contributed by atoms with Crippen LogP contribution in [0, 0.1) is 5.41 Å². The molecular formula is C29H41N3O3.